The lowest BCUT2D eigenvalue weighted by atomic mass is 10.1. The summed E-state index contributed by atoms with van der Waals surface area (Å²) in [5.74, 6) is -0.315. The molecule has 0 bridgehead atoms. The Labute approximate surface area is 137 Å². The summed E-state index contributed by atoms with van der Waals surface area (Å²) < 4.78 is 11.0. The van der Waals surface area contributed by atoms with Gasteiger partial charge < -0.3 is 14.6 Å². The highest BCUT2D eigenvalue weighted by Crippen LogP contribution is 2.30. The molecule has 1 aliphatic rings. The molecule has 1 aliphatic heterocycles. The molecular formula is C17H14N2O5. The second kappa shape index (κ2) is 6.82. The molecule has 0 saturated carbocycles. The third kappa shape index (κ3) is 3.52. The number of carboxylic acids is 1. The molecule has 0 unspecified atom stereocenters. The highest BCUT2D eigenvalue weighted by atomic mass is 16.6. The second-order valence-corrected chi connectivity index (χ2v) is 5.03. The molecule has 0 aromatic heterocycles. The molecule has 7 nitrogen and oxygen atoms in total. The van der Waals surface area contributed by atoms with E-state index in [1.165, 1.54) is 18.3 Å². The van der Waals surface area contributed by atoms with E-state index < -0.39 is 18.0 Å². The van der Waals surface area contributed by atoms with Crippen molar-refractivity contribution in [2.24, 2.45) is 5.10 Å². The molecule has 1 heterocycles. The van der Waals surface area contributed by atoms with Crippen molar-refractivity contribution >= 4 is 18.1 Å². The largest absolute Gasteiger partial charge is 0.485 e. The lowest BCUT2D eigenvalue weighted by molar-refractivity contribution is -0.130. The molecule has 2 N–H and O–H groups in total. The maximum Gasteiger partial charge on any atom is 0.335 e. The zero-order chi connectivity index (χ0) is 16.9. The standard InChI is InChI=1S/C17H14N2O5/c20-16(15-10-23-13-3-1-2-4-14(13)24-15)19-18-9-11-5-7-12(8-6-11)17(21)22/h1-9,15H,10H2,(H,19,20)(H,21,22)/b18-9-/t15-/m1/s1. The molecule has 0 fully saturated rings. The quantitative estimate of drug-likeness (QED) is 0.658. The normalized spacial score (nSPS) is 15.9. The third-order valence-corrected chi connectivity index (χ3v) is 3.35. The summed E-state index contributed by atoms with van der Waals surface area (Å²) in [6.07, 6.45) is 0.632. The van der Waals surface area contributed by atoms with Crippen LogP contribution < -0.4 is 14.9 Å². The predicted octanol–water partition coefficient (Wildman–Crippen LogP) is 1.67. The number of rotatable bonds is 4. The van der Waals surface area contributed by atoms with Crippen LogP contribution in [0.5, 0.6) is 11.5 Å². The highest BCUT2D eigenvalue weighted by Gasteiger charge is 2.26. The van der Waals surface area contributed by atoms with Crippen molar-refractivity contribution in [1.29, 1.82) is 0 Å². The molecule has 0 aliphatic carbocycles. The van der Waals surface area contributed by atoms with Crippen LogP contribution in [0.25, 0.3) is 0 Å². The van der Waals surface area contributed by atoms with Gasteiger partial charge in [0.15, 0.2) is 11.5 Å². The molecule has 3 rings (SSSR count). The van der Waals surface area contributed by atoms with Gasteiger partial charge in [0, 0.05) is 0 Å². The Kier molecular flexibility index (Phi) is 4.42. The minimum Gasteiger partial charge on any atom is -0.485 e. The van der Waals surface area contributed by atoms with E-state index in [0.717, 1.165) is 0 Å². The van der Waals surface area contributed by atoms with E-state index >= 15 is 0 Å². The minimum atomic E-state index is -0.999. The van der Waals surface area contributed by atoms with Crippen molar-refractivity contribution in [1.82, 2.24) is 5.43 Å². The zero-order valence-corrected chi connectivity index (χ0v) is 12.5. The molecule has 1 atom stereocenters. The summed E-state index contributed by atoms with van der Waals surface area (Å²) in [7, 11) is 0. The zero-order valence-electron chi connectivity index (χ0n) is 12.5. The molecule has 2 aromatic carbocycles. The molecular weight excluding hydrogens is 312 g/mol. The summed E-state index contributed by atoms with van der Waals surface area (Å²) in [5, 5.41) is 12.7. The van der Waals surface area contributed by atoms with Crippen LogP contribution in [0.2, 0.25) is 0 Å². The van der Waals surface area contributed by atoms with E-state index in [1.807, 2.05) is 6.07 Å². The van der Waals surface area contributed by atoms with Crippen LogP contribution in [0.1, 0.15) is 15.9 Å². The van der Waals surface area contributed by atoms with Crippen LogP contribution in [0.3, 0.4) is 0 Å². The van der Waals surface area contributed by atoms with Crippen LogP contribution in [-0.4, -0.2) is 35.9 Å². The van der Waals surface area contributed by atoms with E-state index in [9.17, 15) is 9.59 Å². The van der Waals surface area contributed by atoms with E-state index in [1.54, 1.807) is 30.3 Å². The predicted molar refractivity (Wildman–Crippen MR) is 85.5 cm³/mol. The molecule has 0 radical (unpaired) electrons. The van der Waals surface area contributed by atoms with Crippen LogP contribution in [0, 0.1) is 0 Å². The number of hydrogen-bond acceptors (Lipinski definition) is 5. The smallest absolute Gasteiger partial charge is 0.335 e. The summed E-state index contributed by atoms with van der Waals surface area (Å²) in [6.45, 7) is 0.103. The number of para-hydroxylation sites is 2. The average Bonchev–Trinajstić information content (AvgIpc) is 2.61. The molecule has 1 amide bonds. The first-order chi connectivity index (χ1) is 11.6. The molecule has 24 heavy (non-hydrogen) atoms. The van der Waals surface area contributed by atoms with Crippen LogP contribution in [-0.2, 0) is 4.79 Å². The number of hydrazone groups is 1. The fourth-order valence-electron chi connectivity index (χ4n) is 2.10. The lowest BCUT2D eigenvalue weighted by Gasteiger charge is -2.24. The van der Waals surface area contributed by atoms with Crippen LogP contribution >= 0.6 is 0 Å². The first-order valence-corrected chi connectivity index (χ1v) is 7.18. The number of hydrogen-bond donors (Lipinski definition) is 2. The Hall–Kier alpha value is -3.35. The van der Waals surface area contributed by atoms with Gasteiger partial charge >= 0.3 is 5.97 Å². The van der Waals surface area contributed by atoms with Gasteiger partial charge in [0.05, 0.1) is 11.8 Å². The van der Waals surface area contributed by atoms with Crippen molar-refractivity contribution in [3.8, 4) is 11.5 Å². The van der Waals surface area contributed by atoms with Gasteiger partial charge in [0.2, 0.25) is 6.10 Å². The Morgan fingerprint density at radius 2 is 1.83 bits per heavy atom. The summed E-state index contributed by atoms with van der Waals surface area (Å²) >= 11 is 0. The molecule has 2 aromatic rings. The summed E-state index contributed by atoms with van der Waals surface area (Å²) in [4.78, 5) is 22.8. The Morgan fingerprint density at radius 1 is 1.12 bits per heavy atom. The van der Waals surface area contributed by atoms with Gasteiger partial charge in [0.25, 0.3) is 5.91 Å². The van der Waals surface area contributed by atoms with Gasteiger partial charge in [-0.1, -0.05) is 24.3 Å². The Balaban J connectivity index is 1.57. The van der Waals surface area contributed by atoms with E-state index in [2.05, 4.69) is 10.5 Å². The fraction of sp³-hybridized carbons (Fsp3) is 0.118. The number of nitrogens with one attached hydrogen (secondary N) is 1. The highest BCUT2D eigenvalue weighted by molar-refractivity contribution is 5.89. The van der Waals surface area contributed by atoms with Crippen molar-refractivity contribution in [3.05, 3.63) is 59.7 Å². The number of benzene rings is 2. The monoisotopic (exact) mass is 326 g/mol. The number of amides is 1. The number of ether oxygens (including phenoxy) is 2. The molecule has 0 saturated heterocycles. The first-order valence-electron chi connectivity index (χ1n) is 7.18. The van der Waals surface area contributed by atoms with Crippen molar-refractivity contribution in [3.63, 3.8) is 0 Å². The molecule has 122 valence electrons. The van der Waals surface area contributed by atoms with Crippen molar-refractivity contribution in [2.75, 3.05) is 6.61 Å². The Morgan fingerprint density at radius 3 is 2.54 bits per heavy atom. The average molecular weight is 326 g/mol. The number of fused-ring (bicyclic) bond motifs is 1. The van der Waals surface area contributed by atoms with Gasteiger partial charge in [-0.25, -0.2) is 10.2 Å². The fourth-order valence-corrected chi connectivity index (χ4v) is 2.10. The van der Waals surface area contributed by atoms with Crippen molar-refractivity contribution < 1.29 is 24.2 Å². The SMILES string of the molecule is O=C(O)c1ccc(/C=N\NC(=O)[C@H]2COc3ccccc3O2)cc1. The topological polar surface area (TPSA) is 97.2 Å². The Bertz CT molecular complexity index is 786. The number of nitrogens with zero attached hydrogens (tertiary/aromatic N) is 1. The maximum atomic E-state index is 12.0. The third-order valence-electron chi connectivity index (χ3n) is 3.35. The van der Waals surface area contributed by atoms with Gasteiger partial charge in [-0.2, -0.15) is 5.10 Å². The number of carboxylic acid groups (broad SMARTS) is 1. The number of carbonyl (C=O) groups is 2. The summed E-state index contributed by atoms with van der Waals surface area (Å²) in [5.41, 5.74) is 3.22. The van der Waals surface area contributed by atoms with Crippen LogP contribution in [0.15, 0.2) is 53.6 Å². The summed E-state index contributed by atoms with van der Waals surface area (Å²) in [6, 6.07) is 13.2. The lowest BCUT2D eigenvalue weighted by Crippen LogP contribution is -2.42. The first kappa shape index (κ1) is 15.5. The van der Waals surface area contributed by atoms with Gasteiger partial charge in [-0.15, -0.1) is 0 Å². The molecule has 0 spiro atoms. The van der Waals surface area contributed by atoms with Gasteiger partial charge in [-0.05, 0) is 29.8 Å². The van der Waals surface area contributed by atoms with E-state index in [0.29, 0.717) is 17.1 Å². The second-order valence-electron chi connectivity index (χ2n) is 5.03. The number of carbonyl (C=O) groups excluding carboxylic acids is 1. The van der Waals surface area contributed by atoms with E-state index in [4.69, 9.17) is 14.6 Å². The maximum absolute atomic E-state index is 12.0. The van der Waals surface area contributed by atoms with Crippen molar-refractivity contribution in [2.45, 2.75) is 6.10 Å². The van der Waals surface area contributed by atoms with Gasteiger partial charge in [-0.3, -0.25) is 4.79 Å². The van der Waals surface area contributed by atoms with E-state index in [-0.39, 0.29) is 12.2 Å². The molecule has 7 heteroatoms. The van der Waals surface area contributed by atoms with Gasteiger partial charge in [0.1, 0.15) is 6.61 Å². The van der Waals surface area contributed by atoms with Crippen LogP contribution in [0.4, 0.5) is 0 Å². The number of aromatic carboxylic acids is 1. The minimum absolute atomic E-state index is 0.103.